The summed E-state index contributed by atoms with van der Waals surface area (Å²) in [4.78, 5) is 23.7. The molecular weight excluding hydrogens is 354 g/mol. The normalized spacial score (nSPS) is 23.6. The van der Waals surface area contributed by atoms with E-state index in [0.717, 1.165) is 44.6 Å². The maximum Gasteiger partial charge on any atom is 0.410 e. The van der Waals surface area contributed by atoms with Crippen LogP contribution in [0, 0.1) is 0 Å². The first-order chi connectivity index (χ1) is 13.3. The van der Waals surface area contributed by atoms with Gasteiger partial charge in [0.05, 0.1) is 12.6 Å². The van der Waals surface area contributed by atoms with E-state index in [1.54, 1.807) is 0 Å². The SMILES string of the molecule is CN(CCCNC1=NCC2CN(C(=O)OC(C)(C)C)CCN12)C1CCCCC1. The van der Waals surface area contributed by atoms with Crippen LogP contribution < -0.4 is 5.32 Å². The Kier molecular flexibility index (Phi) is 7.07. The molecule has 28 heavy (non-hydrogen) atoms. The number of nitrogens with zero attached hydrogens (tertiary/aromatic N) is 4. The van der Waals surface area contributed by atoms with E-state index in [1.165, 1.54) is 32.1 Å². The van der Waals surface area contributed by atoms with Crippen molar-refractivity contribution in [3.8, 4) is 0 Å². The molecule has 1 unspecified atom stereocenters. The van der Waals surface area contributed by atoms with Gasteiger partial charge < -0.3 is 24.8 Å². The van der Waals surface area contributed by atoms with E-state index in [9.17, 15) is 4.79 Å². The molecule has 3 rings (SSSR count). The molecule has 1 amide bonds. The van der Waals surface area contributed by atoms with E-state index in [1.807, 2.05) is 25.7 Å². The largest absolute Gasteiger partial charge is 0.444 e. The lowest BCUT2D eigenvalue weighted by atomic mass is 9.94. The maximum atomic E-state index is 12.3. The highest BCUT2D eigenvalue weighted by molar-refractivity contribution is 5.82. The number of amides is 1. The molecule has 3 aliphatic rings. The monoisotopic (exact) mass is 393 g/mol. The molecule has 2 aliphatic heterocycles. The molecule has 0 aromatic rings. The lowest BCUT2D eigenvalue weighted by molar-refractivity contribution is 0.0137. The van der Waals surface area contributed by atoms with E-state index >= 15 is 0 Å². The fourth-order valence-corrected chi connectivity index (χ4v) is 4.46. The van der Waals surface area contributed by atoms with Crippen LogP contribution in [0.2, 0.25) is 0 Å². The van der Waals surface area contributed by atoms with Gasteiger partial charge in [0, 0.05) is 32.2 Å². The molecule has 0 aromatic carbocycles. The van der Waals surface area contributed by atoms with Crippen molar-refractivity contribution < 1.29 is 9.53 Å². The molecule has 0 spiro atoms. The second-order valence-corrected chi connectivity index (χ2v) is 9.49. The number of aliphatic imine (C=N–C) groups is 1. The van der Waals surface area contributed by atoms with Gasteiger partial charge in [-0.1, -0.05) is 19.3 Å². The molecule has 0 bridgehead atoms. The Balaban J connectivity index is 1.36. The van der Waals surface area contributed by atoms with Gasteiger partial charge in [-0.25, -0.2) is 4.79 Å². The van der Waals surface area contributed by atoms with Crippen LogP contribution in [0.5, 0.6) is 0 Å². The van der Waals surface area contributed by atoms with Crippen LogP contribution in [0.15, 0.2) is 4.99 Å². The average molecular weight is 394 g/mol. The van der Waals surface area contributed by atoms with E-state index < -0.39 is 5.60 Å². The number of hydrogen-bond donors (Lipinski definition) is 1. The minimum atomic E-state index is -0.447. The summed E-state index contributed by atoms with van der Waals surface area (Å²) in [6.45, 7) is 10.8. The van der Waals surface area contributed by atoms with Crippen molar-refractivity contribution in [1.29, 1.82) is 0 Å². The Morgan fingerprint density at radius 2 is 2.00 bits per heavy atom. The van der Waals surface area contributed by atoms with Gasteiger partial charge in [0.1, 0.15) is 5.60 Å². The predicted octanol–water partition coefficient (Wildman–Crippen LogP) is 2.52. The number of nitrogens with one attached hydrogen (secondary N) is 1. The van der Waals surface area contributed by atoms with Crippen LogP contribution in [-0.2, 0) is 4.74 Å². The van der Waals surface area contributed by atoms with Gasteiger partial charge in [-0.15, -0.1) is 0 Å². The number of ether oxygens (including phenoxy) is 1. The zero-order chi connectivity index (χ0) is 20.1. The Labute approximate surface area is 170 Å². The molecule has 2 heterocycles. The molecule has 2 fully saturated rings. The number of piperazine rings is 1. The third-order valence-electron chi connectivity index (χ3n) is 6.03. The van der Waals surface area contributed by atoms with Crippen LogP contribution in [0.25, 0.3) is 0 Å². The van der Waals surface area contributed by atoms with Crippen LogP contribution in [0.4, 0.5) is 4.79 Å². The highest BCUT2D eigenvalue weighted by atomic mass is 16.6. The second kappa shape index (κ2) is 9.33. The van der Waals surface area contributed by atoms with Crippen molar-refractivity contribution in [1.82, 2.24) is 20.0 Å². The van der Waals surface area contributed by atoms with Gasteiger partial charge in [-0.3, -0.25) is 4.99 Å². The van der Waals surface area contributed by atoms with E-state index in [4.69, 9.17) is 9.73 Å². The quantitative estimate of drug-likeness (QED) is 0.728. The van der Waals surface area contributed by atoms with Gasteiger partial charge >= 0.3 is 6.09 Å². The summed E-state index contributed by atoms with van der Waals surface area (Å²) in [6.07, 6.45) is 7.84. The van der Waals surface area contributed by atoms with Crippen LogP contribution in [0.3, 0.4) is 0 Å². The number of carbonyl (C=O) groups is 1. The predicted molar refractivity (Wildman–Crippen MR) is 113 cm³/mol. The molecule has 1 saturated carbocycles. The number of fused-ring (bicyclic) bond motifs is 1. The van der Waals surface area contributed by atoms with E-state index in [2.05, 4.69) is 22.2 Å². The fourth-order valence-electron chi connectivity index (χ4n) is 4.46. The number of hydrogen-bond acceptors (Lipinski definition) is 6. The van der Waals surface area contributed by atoms with Crippen LogP contribution >= 0.6 is 0 Å². The lowest BCUT2D eigenvalue weighted by Crippen LogP contribution is -2.57. The minimum absolute atomic E-state index is 0.209. The molecule has 1 aliphatic carbocycles. The number of carbonyl (C=O) groups excluding carboxylic acids is 1. The summed E-state index contributed by atoms with van der Waals surface area (Å²) in [7, 11) is 2.27. The first-order valence-electron chi connectivity index (χ1n) is 11.1. The molecule has 7 heteroatoms. The molecule has 7 nitrogen and oxygen atoms in total. The van der Waals surface area contributed by atoms with Crippen molar-refractivity contribution in [3.63, 3.8) is 0 Å². The van der Waals surface area contributed by atoms with Crippen molar-refractivity contribution in [3.05, 3.63) is 0 Å². The molecule has 0 aromatic heterocycles. The highest BCUT2D eigenvalue weighted by Crippen LogP contribution is 2.22. The zero-order valence-electron chi connectivity index (χ0n) is 18.2. The van der Waals surface area contributed by atoms with Crippen molar-refractivity contribution >= 4 is 12.1 Å². The number of rotatable bonds is 5. The van der Waals surface area contributed by atoms with Crippen molar-refractivity contribution in [2.75, 3.05) is 46.3 Å². The first-order valence-corrected chi connectivity index (χ1v) is 11.1. The zero-order valence-corrected chi connectivity index (χ0v) is 18.2. The number of guanidine groups is 1. The summed E-state index contributed by atoms with van der Waals surface area (Å²) in [5.74, 6) is 1.01. The molecule has 1 atom stereocenters. The van der Waals surface area contributed by atoms with Gasteiger partial charge in [-0.05, 0) is 53.6 Å². The van der Waals surface area contributed by atoms with Crippen LogP contribution in [0.1, 0.15) is 59.3 Å². The third kappa shape index (κ3) is 5.75. The molecule has 1 N–H and O–H groups in total. The standard InChI is InChI=1S/C21H39N5O2/c1-21(2,3)28-20(27)25-13-14-26-18(16-25)15-23-19(26)22-11-8-12-24(4)17-9-6-5-7-10-17/h17-18H,5-16H2,1-4H3,(H,22,23). The maximum absolute atomic E-state index is 12.3. The Hall–Kier alpha value is -1.50. The molecule has 0 radical (unpaired) electrons. The fraction of sp³-hybridized carbons (Fsp3) is 0.905. The summed E-state index contributed by atoms with van der Waals surface area (Å²) in [5, 5.41) is 3.54. The third-order valence-corrected chi connectivity index (χ3v) is 6.03. The van der Waals surface area contributed by atoms with Gasteiger partial charge in [0.2, 0.25) is 0 Å². The van der Waals surface area contributed by atoms with Crippen LogP contribution in [-0.4, -0.2) is 90.8 Å². The van der Waals surface area contributed by atoms with E-state index in [-0.39, 0.29) is 12.1 Å². The first kappa shape index (κ1) is 21.2. The summed E-state index contributed by atoms with van der Waals surface area (Å²) >= 11 is 0. The van der Waals surface area contributed by atoms with Gasteiger partial charge in [0.15, 0.2) is 5.96 Å². The average Bonchev–Trinajstić information content (AvgIpc) is 3.06. The second-order valence-electron chi connectivity index (χ2n) is 9.49. The Bertz CT molecular complexity index is 553. The highest BCUT2D eigenvalue weighted by Gasteiger charge is 2.36. The van der Waals surface area contributed by atoms with Crippen molar-refractivity contribution in [2.45, 2.75) is 77.0 Å². The lowest BCUT2D eigenvalue weighted by Gasteiger charge is -2.39. The minimum Gasteiger partial charge on any atom is -0.444 e. The molecule has 160 valence electrons. The van der Waals surface area contributed by atoms with Gasteiger partial charge in [0.25, 0.3) is 0 Å². The van der Waals surface area contributed by atoms with Crippen molar-refractivity contribution in [2.24, 2.45) is 4.99 Å². The van der Waals surface area contributed by atoms with E-state index in [0.29, 0.717) is 13.1 Å². The van der Waals surface area contributed by atoms with Gasteiger partial charge in [-0.2, -0.15) is 0 Å². The molecular formula is C21H39N5O2. The summed E-state index contributed by atoms with van der Waals surface area (Å²) < 4.78 is 5.52. The summed E-state index contributed by atoms with van der Waals surface area (Å²) in [6, 6.07) is 1.05. The Morgan fingerprint density at radius 3 is 2.71 bits per heavy atom. The smallest absolute Gasteiger partial charge is 0.410 e. The topological polar surface area (TPSA) is 60.4 Å². The molecule has 1 saturated heterocycles. The Morgan fingerprint density at radius 1 is 1.25 bits per heavy atom. The summed E-state index contributed by atoms with van der Waals surface area (Å²) in [5.41, 5.74) is -0.447.